The molecule has 0 heterocycles. The summed E-state index contributed by atoms with van der Waals surface area (Å²) >= 11 is 9.13. The molecular weight excluding hydrogens is 334 g/mol. The Bertz CT molecular complexity index is 493. The van der Waals surface area contributed by atoms with Crippen LogP contribution in [0.5, 0.6) is 0 Å². The summed E-state index contributed by atoms with van der Waals surface area (Å²) in [4.78, 5) is 23.1. The Morgan fingerprint density at radius 1 is 1.47 bits per heavy atom. The van der Waals surface area contributed by atoms with Crippen LogP contribution in [0.1, 0.15) is 30.6 Å². The first-order valence-electron chi connectivity index (χ1n) is 5.85. The van der Waals surface area contributed by atoms with Gasteiger partial charge in [-0.1, -0.05) is 31.9 Å². The molecule has 0 aliphatic rings. The maximum absolute atomic E-state index is 12.0. The Morgan fingerprint density at radius 2 is 2.11 bits per heavy atom. The predicted molar refractivity (Wildman–Crippen MR) is 77.5 cm³/mol. The molecule has 0 aliphatic heterocycles. The third-order valence-electron chi connectivity index (χ3n) is 2.95. The fourth-order valence-corrected chi connectivity index (χ4v) is 1.97. The van der Waals surface area contributed by atoms with E-state index in [2.05, 4.69) is 21.2 Å². The lowest BCUT2D eigenvalue weighted by molar-refractivity contribution is -0.140. The van der Waals surface area contributed by atoms with Crippen molar-refractivity contribution < 1.29 is 14.7 Å². The summed E-state index contributed by atoms with van der Waals surface area (Å²) in [5.41, 5.74) is 0.336. The number of halogens is 2. The molecule has 19 heavy (non-hydrogen) atoms. The van der Waals surface area contributed by atoms with Gasteiger partial charge in [0.05, 0.1) is 5.02 Å². The van der Waals surface area contributed by atoms with E-state index in [1.165, 1.54) is 6.07 Å². The van der Waals surface area contributed by atoms with Crippen molar-refractivity contribution in [3.63, 3.8) is 0 Å². The van der Waals surface area contributed by atoms with Gasteiger partial charge in [-0.3, -0.25) is 4.79 Å². The maximum Gasteiger partial charge on any atom is 0.326 e. The topological polar surface area (TPSA) is 66.4 Å². The number of hydrogen-bond donors (Lipinski definition) is 2. The molecule has 0 radical (unpaired) electrons. The number of aliphatic carboxylic acids is 1. The van der Waals surface area contributed by atoms with Crippen molar-refractivity contribution >= 4 is 39.4 Å². The second-order valence-electron chi connectivity index (χ2n) is 4.30. The average Bonchev–Trinajstić information content (AvgIpc) is 2.37. The van der Waals surface area contributed by atoms with Gasteiger partial charge in [0.25, 0.3) is 5.91 Å². The first-order chi connectivity index (χ1) is 8.86. The zero-order valence-electron chi connectivity index (χ0n) is 10.6. The van der Waals surface area contributed by atoms with E-state index in [-0.39, 0.29) is 5.92 Å². The Morgan fingerprint density at radius 3 is 2.58 bits per heavy atom. The van der Waals surface area contributed by atoms with Crippen LogP contribution in [0, 0.1) is 5.92 Å². The summed E-state index contributed by atoms with van der Waals surface area (Å²) in [6, 6.07) is 3.83. The van der Waals surface area contributed by atoms with Crippen molar-refractivity contribution in [3.05, 3.63) is 33.3 Å². The molecule has 1 aromatic carbocycles. The first-order valence-corrected chi connectivity index (χ1v) is 7.02. The second kappa shape index (κ2) is 6.91. The highest BCUT2D eigenvalue weighted by atomic mass is 79.9. The molecule has 6 heteroatoms. The van der Waals surface area contributed by atoms with E-state index < -0.39 is 17.9 Å². The van der Waals surface area contributed by atoms with Crippen molar-refractivity contribution in [1.29, 1.82) is 0 Å². The van der Waals surface area contributed by atoms with Crippen LogP contribution in [-0.4, -0.2) is 23.0 Å². The lowest BCUT2D eigenvalue weighted by Crippen LogP contribution is -2.45. The zero-order chi connectivity index (χ0) is 14.6. The van der Waals surface area contributed by atoms with E-state index in [9.17, 15) is 9.59 Å². The van der Waals surface area contributed by atoms with Gasteiger partial charge in [-0.2, -0.15) is 0 Å². The molecule has 0 spiro atoms. The third-order valence-corrected chi connectivity index (χ3v) is 4.18. The monoisotopic (exact) mass is 347 g/mol. The lowest BCUT2D eigenvalue weighted by Gasteiger charge is -2.20. The van der Waals surface area contributed by atoms with Gasteiger partial charge in [-0.05, 0) is 40.0 Å². The maximum atomic E-state index is 12.0. The number of amides is 1. The molecular formula is C13H15BrClNO3. The van der Waals surface area contributed by atoms with Crippen LogP contribution in [0.15, 0.2) is 22.7 Å². The molecule has 1 amide bonds. The summed E-state index contributed by atoms with van der Waals surface area (Å²) in [6.07, 6.45) is 0.665. The van der Waals surface area contributed by atoms with Gasteiger partial charge in [-0.25, -0.2) is 4.79 Å². The molecule has 2 atom stereocenters. The fraction of sp³-hybridized carbons (Fsp3) is 0.385. The van der Waals surface area contributed by atoms with Crippen LogP contribution in [0.3, 0.4) is 0 Å². The minimum atomic E-state index is -1.04. The number of hydrogen-bond acceptors (Lipinski definition) is 2. The highest BCUT2D eigenvalue weighted by molar-refractivity contribution is 9.10. The van der Waals surface area contributed by atoms with Gasteiger partial charge in [0.1, 0.15) is 6.04 Å². The van der Waals surface area contributed by atoms with E-state index >= 15 is 0 Å². The smallest absolute Gasteiger partial charge is 0.326 e. The largest absolute Gasteiger partial charge is 0.480 e. The van der Waals surface area contributed by atoms with Gasteiger partial charge in [0.2, 0.25) is 0 Å². The molecule has 1 aromatic rings. The fourth-order valence-electron chi connectivity index (χ4n) is 1.55. The van der Waals surface area contributed by atoms with E-state index in [1.54, 1.807) is 19.1 Å². The van der Waals surface area contributed by atoms with Crippen molar-refractivity contribution in [1.82, 2.24) is 5.32 Å². The second-order valence-corrected chi connectivity index (χ2v) is 5.57. The predicted octanol–water partition coefficient (Wildman–Crippen LogP) is 3.33. The number of rotatable bonds is 5. The molecule has 0 saturated heterocycles. The van der Waals surface area contributed by atoms with Gasteiger partial charge in [-0.15, -0.1) is 0 Å². The Labute approximate surface area is 125 Å². The molecule has 1 rings (SSSR count). The number of nitrogens with one attached hydrogen (secondary N) is 1. The minimum absolute atomic E-state index is 0.146. The molecule has 0 aromatic heterocycles. The first kappa shape index (κ1) is 16.0. The Hall–Kier alpha value is -1.07. The molecule has 104 valence electrons. The quantitative estimate of drug-likeness (QED) is 0.857. The number of carbonyl (C=O) groups is 2. The van der Waals surface area contributed by atoms with Crippen LogP contribution >= 0.6 is 27.5 Å². The van der Waals surface area contributed by atoms with Crippen LogP contribution in [0.4, 0.5) is 0 Å². The van der Waals surface area contributed by atoms with Crippen LogP contribution in [0.25, 0.3) is 0 Å². The van der Waals surface area contributed by atoms with E-state index in [0.29, 0.717) is 21.5 Å². The van der Waals surface area contributed by atoms with Crippen LogP contribution < -0.4 is 5.32 Å². The molecule has 2 N–H and O–H groups in total. The highest BCUT2D eigenvalue weighted by Crippen LogP contribution is 2.23. The molecule has 4 nitrogen and oxygen atoms in total. The number of carboxylic acid groups (broad SMARTS) is 1. The van der Waals surface area contributed by atoms with E-state index in [4.69, 9.17) is 16.7 Å². The van der Waals surface area contributed by atoms with Crippen LogP contribution in [0.2, 0.25) is 5.02 Å². The third kappa shape index (κ3) is 4.21. The van der Waals surface area contributed by atoms with Crippen molar-refractivity contribution in [2.24, 2.45) is 5.92 Å². The number of benzene rings is 1. The Balaban J connectivity index is 2.87. The van der Waals surface area contributed by atoms with Gasteiger partial charge in [0.15, 0.2) is 0 Å². The van der Waals surface area contributed by atoms with E-state index in [1.807, 2.05) is 6.92 Å². The number of carbonyl (C=O) groups excluding carboxylic acids is 1. The van der Waals surface area contributed by atoms with Crippen molar-refractivity contribution in [3.8, 4) is 0 Å². The zero-order valence-corrected chi connectivity index (χ0v) is 13.0. The van der Waals surface area contributed by atoms with Gasteiger partial charge >= 0.3 is 5.97 Å². The molecule has 0 bridgehead atoms. The van der Waals surface area contributed by atoms with Gasteiger partial charge in [0, 0.05) is 10.0 Å². The normalized spacial score (nSPS) is 13.7. The summed E-state index contributed by atoms with van der Waals surface area (Å²) < 4.78 is 0.683. The van der Waals surface area contributed by atoms with Crippen molar-refractivity contribution in [2.75, 3.05) is 0 Å². The molecule has 1 unspecified atom stereocenters. The SMILES string of the molecule is CCC(C)[C@H](NC(=O)c1ccc(Br)c(Cl)c1)C(=O)O. The molecule has 0 aliphatic carbocycles. The standard InChI is InChI=1S/C13H15BrClNO3/c1-3-7(2)11(13(18)19)16-12(17)8-4-5-9(14)10(15)6-8/h4-7,11H,3H2,1-2H3,(H,16,17)(H,18,19)/t7?,11-/m0/s1. The molecule has 0 fully saturated rings. The van der Waals surface area contributed by atoms with E-state index in [0.717, 1.165) is 0 Å². The highest BCUT2D eigenvalue weighted by Gasteiger charge is 2.25. The van der Waals surface area contributed by atoms with Gasteiger partial charge < -0.3 is 10.4 Å². The number of carboxylic acids is 1. The summed E-state index contributed by atoms with van der Waals surface area (Å²) in [6.45, 7) is 3.66. The van der Waals surface area contributed by atoms with Crippen molar-refractivity contribution in [2.45, 2.75) is 26.3 Å². The summed E-state index contributed by atoms with van der Waals surface area (Å²) in [7, 11) is 0. The summed E-state index contributed by atoms with van der Waals surface area (Å²) in [5.74, 6) is -1.62. The Kier molecular flexibility index (Phi) is 5.82. The minimum Gasteiger partial charge on any atom is -0.480 e. The lowest BCUT2D eigenvalue weighted by atomic mass is 9.99. The average molecular weight is 349 g/mol. The molecule has 0 saturated carbocycles. The van der Waals surface area contributed by atoms with Crippen LogP contribution in [-0.2, 0) is 4.79 Å². The summed E-state index contributed by atoms with van der Waals surface area (Å²) in [5, 5.41) is 12.0.